The van der Waals surface area contributed by atoms with Gasteiger partial charge in [0, 0.05) is 18.7 Å². The minimum absolute atomic E-state index is 0.131. The van der Waals surface area contributed by atoms with E-state index in [1.807, 2.05) is 0 Å². The molecule has 2 amide bonds. The lowest BCUT2D eigenvalue weighted by atomic mass is 10.1. The second kappa shape index (κ2) is 17.8. The molecule has 1 aromatic rings. The van der Waals surface area contributed by atoms with Gasteiger partial charge in [-0.3, -0.25) is 14.4 Å². The number of ether oxygens (including phenoxy) is 2. The maximum absolute atomic E-state index is 13.1. The molecule has 1 aliphatic heterocycles. The number of piperazine rings is 1. The van der Waals surface area contributed by atoms with Crippen LogP contribution >= 0.6 is 0 Å². The Labute approximate surface area is 217 Å². The van der Waals surface area contributed by atoms with Gasteiger partial charge in [0.25, 0.3) is 5.91 Å². The van der Waals surface area contributed by atoms with Crippen LogP contribution in [-0.2, 0) is 14.3 Å². The number of hydrogen-bond acceptors (Lipinski definition) is 5. The summed E-state index contributed by atoms with van der Waals surface area (Å²) in [5.74, 6) is -0.309. The van der Waals surface area contributed by atoms with Crippen molar-refractivity contribution in [3.05, 3.63) is 29.8 Å². The van der Waals surface area contributed by atoms with Gasteiger partial charge in [-0.2, -0.15) is 0 Å². The standard InChI is InChI=1S/C29H46N2O5/c1-3-5-7-8-9-10-11-12-13-14-22-36-27(32)23-26-28(33)30-19-20-31(26)29(34)24-15-17-25(18-16-24)35-21-6-4-2/h15-18,26H,3-14,19-23H2,1-2H3,(H,30,33). The fourth-order valence-electron chi connectivity index (χ4n) is 4.35. The van der Waals surface area contributed by atoms with Gasteiger partial charge in [0.15, 0.2) is 0 Å². The Kier molecular flexibility index (Phi) is 14.7. The molecule has 1 aliphatic rings. The van der Waals surface area contributed by atoms with Crippen molar-refractivity contribution in [1.82, 2.24) is 10.2 Å². The number of nitrogens with one attached hydrogen (secondary N) is 1. The van der Waals surface area contributed by atoms with Gasteiger partial charge in [0.2, 0.25) is 5.91 Å². The van der Waals surface area contributed by atoms with Crippen LogP contribution in [0.2, 0.25) is 0 Å². The van der Waals surface area contributed by atoms with Crippen molar-refractivity contribution in [3.8, 4) is 5.75 Å². The summed E-state index contributed by atoms with van der Waals surface area (Å²) in [5.41, 5.74) is 0.469. The van der Waals surface area contributed by atoms with Crippen molar-refractivity contribution in [2.75, 3.05) is 26.3 Å². The molecule has 1 heterocycles. The highest BCUT2D eigenvalue weighted by Crippen LogP contribution is 2.18. The first kappa shape index (κ1) is 29.7. The molecular formula is C29H46N2O5. The predicted molar refractivity (Wildman–Crippen MR) is 142 cm³/mol. The van der Waals surface area contributed by atoms with Gasteiger partial charge >= 0.3 is 5.97 Å². The zero-order valence-electron chi connectivity index (χ0n) is 22.4. The van der Waals surface area contributed by atoms with Crippen LogP contribution in [0, 0.1) is 0 Å². The zero-order chi connectivity index (χ0) is 26.0. The second-order valence-electron chi connectivity index (χ2n) is 9.64. The molecule has 1 saturated heterocycles. The lowest BCUT2D eigenvalue weighted by Crippen LogP contribution is -2.57. The summed E-state index contributed by atoms with van der Waals surface area (Å²) in [6.07, 6.45) is 14.0. The van der Waals surface area contributed by atoms with Gasteiger partial charge < -0.3 is 19.7 Å². The monoisotopic (exact) mass is 502 g/mol. The fraction of sp³-hybridized carbons (Fsp3) is 0.690. The molecule has 0 aromatic heterocycles. The number of esters is 1. The minimum atomic E-state index is -0.855. The molecule has 1 fully saturated rings. The van der Waals surface area contributed by atoms with Gasteiger partial charge in [-0.15, -0.1) is 0 Å². The molecule has 0 saturated carbocycles. The Morgan fingerprint density at radius 1 is 0.861 bits per heavy atom. The Bertz CT molecular complexity index is 780. The molecule has 7 nitrogen and oxygen atoms in total. The van der Waals surface area contributed by atoms with E-state index in [0.29, 0.717) is 37.6 Å². The smallest absolute Gasteiger partial charge is 0.308 e. The van der Waals surface area contributed by atoms with Crippen molar-refractivity contribution in [2.45, 2.75) is 103 Å². The summed E-state index contributed by atoms with van der Waals surface area (Å²) in [6.45, 7) is 6.06. The molecule has 1 aromatic carbocycles. The van der Waals surface area contributed by atoms with E-state index in [2.05, 4.69) is 19.2 Å². The number of carbonyl (C=O) groups is 3. The zero-order valence-corrected chi connectivity index (χ0v) is 22.4. The molecule has 0 bridgehead atoms. The summed E-state index contributed by atoms with van der Waals surface area (Å²) >= 11 is 0. The van der Waals surface area contributed by atoms with Crippen LogP contribution in [0.15, 0.2) is 24.3 Å². The lowest BCUT2D eigenvalue weighted by molar-refractivity contribution is -0.147. The Morgan fingerprint density at radius 3 is 2.11 bits per heavy atom. The summed E-state index contributed by atoms with van der Waals surface area (Å²) in [7, 11) is 0. The number of benzene rings is 1. The summed E-state index contributed by atoms with van der Waals surface area (Å²) in [5, 5.41) is 2.76. The molecule has 202 valence electrons. The molecule has 1 atom stereocenters. The normalized spacial score (nSPS) is 15.4. The molecule has 0 aliphatic carbocycles. The quantitative estimate of drug-likeness (QED) is 0.207. The minimum Gasteiger partial charge on any atom is -0.494 e. The first-order valence-corrected chi connectivity index (χ1v) is 14.0. The third-order valence-electron chi connectivity index (χ3n) is 6.58. The van der Waals surface area contributed by atoms with Crippen LogP contribution in [-0.4, -0.2) is 55.0 Å². The van der Waals surface area contributed by atoms with Crippen molar-refractivity contribution >= 4 is 17.8 Å². The fourth-order valence-corrected chi connectivity index (χ4v) is 4.35. The number of carbonyl (C=O) groups excluding carboxylic acids is 3. The van der Waals surface area contributed by atoms with Gasteiger partial charge in [-0.05, 0) is 37.1 Å². The number of nitrogens with zero attached hydrogens (tertiary/aromatic N) is 1. The van der Waals surface area contributed by atoms with E-state index in [1.54, 1.807) is 24.3 Å². The SMILES string of the molecule is CCCCCCCCCCCCOC(=O)CC1C(=O)NCCN1C(=O)c1ccc(OCCCC)cc1. The maximum atomic E-state index is 13.1. The van der Waals surface area contributed by atoms with Crippen LogP contribution in [0.3, 0.4) is 0 Å². The maximum Gasteiger partial charge on any atom is 0.308 e. The van der Waals surface area contributed by atoms with Gasteiger partial charge in [0.05, 0.1) is 19.6 Å². The van der Waals surface area contributed by atoms with E-state index in [1.165, 1.54) is 49.8 Å². The largest absolute Gasteiger partial charge is 0.494 e. The number of amides is 2. The van der Waals surface area contributed by atoms with E-state index in [9.17, 15) is 14.4 Å². The molecule has 0 spiro atoms. The van der Waals surface area contributed by atoms with Crippen molar-refractivity contribution < 1.29 is 23.9 Å². The predicted octanol–water partition coefficient (Wildman–Crippen LogP) is 5.66. The van der Waals surface area contributed by atoms with Crippen LogP contribution in [0.4, 0.5) is 0 Å². The molecule has 36 heavy (non-hydrogen) atoms. The van der Waals surface area contributed by atoms with E-state index < -0.39 is 12.0 Å². The van der Waals surface area contributed by atoms with Crippen LogP contribution in [0.5, 0.6) is 5.75 Å². The first-order chi connectivity index (χ1) is 17.6. The van der Waals surface area contributed by atoms with Crippen molar-refractivity contribution in [2.24, 2.45) is 0 Å². The van der Waals surface area contributed by atoms with Crippen LogP contribution in [0.1, 0.15) is 108 Å². The highest BCUT2D eigenvalue weighted by molar-refractivity contribution is 5.99. The average molecular weight is 503 g/mol. The van der Waals surface area contributed by atoms with Crippen LogP contribution < -0.4 is 10.1 Å². The number of hydrogen-bond donors (Lipinski definition) is 1. The second-order valence-corrected chi connectivity index (χ2v) is 9.64. The molecule has 7 heteroatoms. The molecular weight excluding hydrogens is 456 g/mol. The summed E-state index contributed by atoms with van der Waals surface area (Å²) in [4.78, 5) is 39.5. The van der Waals surface area contributed by atoms with Gasteiger partial charge in [-0.1, -0.05) is 78.1 Å². The lowest BCUT2D eigenvalue weighted by Gasteiger charge is -2.34. The van der Waals surface area contributed by atoms with Gasteiger partial charge in [0.1, 0.15) is 11.8 Å². The topological polar surface area (TPSA) is 84.9 Å². The van der Waals surface area contributed by atoms with E-state index >= 15 is 0 Å². The highest BCUT2D eigenvalue weighted by Gasteiger charge is 2.35. The Hall–Kier alpha value is -2.57. The third-order valence-corrected chi connectivity index (χ3v) is 6.58. The first-order valence-electron chi connectivity index (χ1n) is 14.0. The Balaban J connectivity index is 1.72. The average Bonchev–Trinajstić information content (AvgIpc) is 2.88. The third kappa shape index (κ3) is 11.0. The summed E-state index contributed by atoms with van der Waals surface area (Å²) < 4.78 is 11.0. The van der Waals surface area contributed by atoms with Gasteiger partial charge in [-0.25, -0.2) is 0 Å². The van der Waals surface area contributed by atoms with Crippen molar-refractivity contribution in [3.63, 3.8) is 0 Å². The molecule has 0 radical (unpaired) electrons. The molecule has 2 rings (SSSR count). The van der Waals surface area contributed by atoms with Crippen LogP contribution in [0.25, 0.3) is 0 Å². The van der Waals surface area contributed by atoms with E-state index in [4.69, 9.17) is 9.47 Å². The van der Waals surface area contributed by atoms with E-state index in [0.717, 1.165) is 32.1 Å². The number of rotatable bonds is 18. The van der Waals surface area contributed by atoms with E-state index in [-0.39, 0.29) is 18.2 Å². The molecule has 1 N–H and O–H groups in total. The Morgan fingerprint density at radius 2 is 1.47 bits per heavy atom. The number of unbranched alkanes of at least 4 members (excludes halogenated alkanes) is 10. The summed E-state index contributed by atoms with van der Waals surface area (Å²) in [6, 6.07) is 6.09. The molecule has 1 unspecified atom stereocenters. The highest BCUT2D eigenvalue weighted by atomic mass is 16.5. The van der Waals surface area contributed by atoms with Crippen molar-refractivity contribution in [1.29, 1.82) is 0 Å².